The van der Waals surface area contributed by atoms with Crippen LogP contribution in [0.5, 0.6) is 11.6 Å². The first kappa shape index (κ1) is 12.9. The second-order valence-corrected chi connectivity index (χ2v) is 4.26. The highest BCUT2D eigenvalue weighted by atomic mass is 16.5. The van der Waals surface area contributed by atoms with Crippen LogP contribution < -0.4 is 16.2 Å². The average molecular weight is 257 g/mol. The zero-order valence-corrected chi connectivity index (χ0v) is 10.8. The second kappa shape index (κ2) is 4.97. The molecule has 0 aliphatic carbocycles. The van der Waals surface area contributed by atoms with Crippen molar-refractivity contribution in [1.29, 1.82) is 0 Å². The first-order valence-electron chi connectivity index (χ1n) is 5.79. The molecule has 1 aromatic heterocycles. The van der Waals surface area contributed by atoms with Crippen molar-refractivity contribution in [1.82, 2.24) is 4.98 Å². The number of pyridine rings is 1. The normalized spacial score (nSPS) is 10.2. The summed E-state index contributed by atoms with van der Waals surface area (Å²) in [5, 5.41) is 0. The number of ether oxygens (including phenoxy) is 1. The van der Waals surface area contributed by atoms with Crippen molar-refractivity contribution in [3.63, 3.8) is 0 Å². The number of anilines is 1. The molecule has 0 aliphatic rings. The Bertz CT molecular complexity index is 639. The van der Waals surface area contributed by atoms with E-state index < -0.39 is 5.91 Å². The number of amides is 1. The lowest BCUT2D eigenvalue weighted by atomic mass is 10.1. The largest absolute Gasteiger partial charge is 0.437 e. The van der Waals surface area contributed by atoms with Crippen LogP contribution in [0.2, 0.25) is 0 Å². The lowest BCUT2D eigenvalue weighted by molar-refractivity contribution is 0.0995. The van der Waals surface area contributed by atoms with Crippen LogP contribution in [0.3, 0.4) is 0 Å². The van der Waals surface area contributed by atoms with Gasteiger partial charge in [-0.3, -0.25) is 4.79 Å². The highest BCUT2D eigenvalue weighted by Gasteiger charge is 2.11. The number of nitrogens with zero attached hydrogens (tertiary/aromatic N) is 1. The van der Waals surface area contributed by atoms with Gasteiger partial charge < -0.3 is 16.2 Å². The van der Waals surface area contributed by atoms with Gasteiger partial charge in [-0.25, -0.2) is 4.98 Å². The Kier molecular flexibility index (Phi) is 3.37. The van der Waals surface area contributed by atoms with Crippen molar-refractivity contribution in [2.45, 2.75) is 13.8 Å². The molecule has 1 amide bonds. The summed E-state index contributed by atoms with van der Waals surface area (Å²) < 4.78 is 5.67. The van der Waals surface area contributed by atoms with Crippen molar-refractivity contribution in [2.75, 3.05) is 5.73 Å². The molecule has 98 valence electrons. The molecule has 0 aliphatic heterocycles. The van der Waals surface area contributed by atoms with E-state index in [1.807, 2.05) is 32.0 Å². The third kappa shape index (κ3) is 2.65. The molecule has 5 nitrogen and oxygen atoms in total. The van der Waals surface area contributed by atoms with E-state index in [1.54, 1.807) is 6.07 Å². The van der Waals surface area contributed by atoms with Crippen molar-refractivity contribution in [2.24, 2.45) is 5.73 Å². The third-order valence-electron chi connectivity index (χ3n) is 2.90. The zero-order valence-electron chi connectivity index (χ0n) is 10.8. The Morgan fingerprint density at radius 2 is 1.95 bits per heavy atom. The van der Waals surface area contributed by atoms with E-state index in [0.717, 1.165) is 11.1 Å². The van der Waals surface area contributed by atoms with Gasteiger partial charge in [0, 0.05) is 0 Å². The molecule has 0 saturated heterocycles. The summed E-state index contributed by atoms with van der Waals surface area (Å²) in [5.74, 6) is 0.219. The maximum Gasteiger partial charge on any atom is 0.267 e. The minimum atomic E-state index is -0.620. The second-order valence-electron chi connectivity index (χ2n) is 4.26. The summed E-state index contributed by atoms with van der Waals surface area (Å²) in [5.41, 5.74) is 13.5. The molecule has 2 aromatic rings. The Morgan fingerprint density at radius 3 is 2.63 bits per heavy atom. The Balaban J connectivity index is 2.40. The van der Waals surface area contributed by atoms with Crippen LogP contribution in [-0.2, 0) is 0 Å². The first-order valence-corrected chi connectivity index (χ1v) is 5.79. The number of nitrogen functional groups attached to an aromatic ring is 1. The van der Waals surface area contributed by atoms with Crippen LogP contribution in [0.1, 0.15) is 21.6 Å². The summed E-state index contributed by atoms with van der Waals surface area (Å²) in [4.78, 5) is 15.1. The number of benzene rings is 1. The van der Waals surface area contributed by atoms with Crippen molar-refractivity contribution in [3.8, 4) is 11.6 Å². The molecule has 5 heteroatoms. The van der Waals surface area contributed by atoms with Gasteiger partial charge in [-0.15, -0.1) is 0 Å². The molecule has 0 bridgehead atoms. The zero-order chi connectivity index (χ0) is 14.0. The fourth-order valence-corrected chi connectivity index (χ4v) is 1.61. The third-order valence-corrected chi connectivity index (χ3v) is 2.90. The molecule has 0 unspecified atom stereocenters. The van der Waals surface area contributed by atoms with Gasteiger partial charge in [0.05, 0.1) is 5.69 Å². The number of hydrogen-bond acceptors (Lipinski definition) is 4. The smallest absolute Gasteiger partial charge is 0.267 e. The van der Waals surface area contributed by atoms with Gasteiger partial charge in [-0.2, -0.15) is 0 Å². The molecule has 0 radical (unpaired) electrons. The van der Waals surface area contributed by atoms with Crippen LogP contribution in [0.25, 0.3) is 0 Å². The molecule has 2 rings (SSSR count). The number of nitrogens with two attached hydrogens (primary N) is 2. The van der Waals surface area contributed by atoms with E-state index in [9.17, 15) is 4.79 Å². The van der Waals surface area contributed by atoms with Crippen LogP contribution in [0.4, 0.5) is 5.69 Å². The van der Waals surface area contributed by atoms with Crippen LogP contribution in [0.15, 0.2) is 30.3 Å². The van der Waals surface area contributed by atoms with Gasteiger partial charge in [0.15, 0.2) is 0 Å². The number of primary amides is 1. The molecular weight excluding hydrogens is 242 g/mol. The maximum absolute atomic E-state index is 11.1. The molecule has 0 spiro atoms. The molecule has 1 heterocycles. The average Bonchev–Trinajstić information content (AvgIpc) is 2.37. The number of hydrogen-bond donors (Lipinski definition) is 2. The number of aromatic nitrogens is 1. The summed E-state index contributed by atoms with van der Waals surface area (Å²) in [7, 11) is 0. The Hall–Kier alpha value is -2.56. The van der Waals surface area contributed by atoms with E-state index in [4.69, 9.17) is 16.2 Å². The van der Waals surface area contributed by atoms with Crippen LogP contribution in [-0.4, -0.2) is 10.9 Å². The van der Waals surface area contributed by atoms with E-state index in [1.165, 1.54) is 6.07 Å². The summed E-state index contributed by atoms with van der Waals surface area (Å²) >= 11 is 0. The minimum absolute atomic E-state index is 0.120. The van der Waals surface area contributed by atoms with Gasteiger partial charge in [0.25, 0.3) is 5.91 Å². The van der Waals surface area contributed by atoms with Gasteiger partial charge in [-0.05, 0) is 43.2 Å². The van der Waals surface area contributed by atoms with E-state index in [0.29, 0.717) is 11.4 Å². The molecule has 0 saturated carbocycles. The van der Waals surface area contributed by atoms with E-state index in [-0.39, 0.29) is 11.6 Å². The summed E-state index contributed by atoms with van der Waals surface area (Å²) in [6, 6.07) is 8.70. The van der Waals surface area contributed by atoms with E-state index >= 15 is 0 Å². The topological polar surface area (TPSA) is 91.2 Å². The lowest BCUT2D eigenvalue weighted by Gasteiger charge is -2.11. The van der Waals surface area contributed by atoms with Gasteiger partial charge >= 0.3 is 0 Å². The summed E-state index contributed by atoms with van der Waals surface area (Å²) in [6.45, 7) is 3.93. The fraction of sp³-hybridized carbons (Fsp3) is 0.143. The molecule has 0 atom stereocenters. The maximum atomic E-state index is 11.1. The highest BCUT2D eigenvalue weighted by Crippen LogP contribution is 2.29. The molecule has 0 fully saturated rings. The quantitative estimate of drug-likeness (QED) is 0.881. The molecule has 1 aromatic carbocycles. The highest BCUT2D eigenvalue weighted by molar-refractivity contribution is 5.91. The summed E-state index contributed by atoms with van der Waals surface area (Å²) in [6.07, 6.45) is 0. The van der Waals surface area contributed by atoms with Gasteiger partial charge in [-0.1, -0.05) is 12.1 Å². The van der Waals surface area contributed by atoms with E-state index in [2.05, 4.69) is 4.98 Å². The standard InChI is InChI=1S/C14H15N3O2/c1-8-4-3-5-12(9(8)2)19-14-10(15)6-7-11(17-14)13(16)18/h3-7H,15H2,1-2H3,(H2,16,18). The minimum Gasteiger partial charge on any atom is -0.437 e. The predicted molar refractivity (Wildman–Crippen MR) is 73.2 cm³/mol. The van der Waals surface area contributed by atoms with Crippen molar-refractivity contribution < 1.29 is 9.53 Å². The Labute approximate surface area is 111 Å². The van der Waals surface area contributed by atoms with Gasteiger partial charge in [0.1, 0.15) is 11.4 Å². The van der Waals surface area contributed by atoms with Gasteiger partial charge in [0.2, 0.25) is 5.88 Å². The lowest BCUT2D eigenvalue weighted by Crippen LogP contribution is -2.13. The van der Waals surface area contributed by atoms with Crippen LogP contribution in [0, 0.1) is 13.8 Å². The predicted octanol–water partition coefficient (Wildman–Crippen LogP) is 2.17. The first-order chi connectivity index (χ1) is 8.99. The van der Waals surface area contributed by atoms with Crippen molar-refractivity contribution >= 4 is 11.6 Å². The molecule has 4 N–H and O–H groups in total. The molecule has 19 heavy (non-hydrogen) atoms. The monoisotopic (exact) mass is 257 g/mol. The van der Waals surface area contributed by atoms with Crippen LogP contribution >= 0.6 is 0 Å². The number of carbonyl (C=O) groups excluding carboxylic acids is 1. The Morgan fingerprint density at radius 1 is 1.21 bits per heavy atom. The molecular formula is C14H15N3O2. The SMILES string of the molecule is Cc1cccc(Oc2nc(C(N)=O)ccc2N)c1C. The number of carbonyl (C=O) groups is 1. The van der Waals surface area contributed by atoms with Crippen molar-refractivity contribution in [3.05, 3.63) is 47.2 Å². The number of aryl methyl sites for hydroxylation is 1. The number of rotatable bonds is 3. The fourth-order valence-electron chi connectivity index (χ4n) is 1.61.